The number of halogens is 5. The first-order chi connectivity index (χ1) is 23.3. The van der Waals surface area contributed by atoms with Gasteiger partial charge in [0, 0.05) is 37.9 Å². The minimum Gasteiger partial charge on any atom is -0.444 e. The summed E-state index contributed by atoms with van der Waals surface area (Å²) in [5, 5.41) is 11.2. The molecule has 0 spiro atoms. The van der Waals surface area contributed by atoms with Crippen molar-refractivity contribution in [1.82, 2.24) is 19.4 Å². The van der Waals surface area contributed by atoms with E-state index in [-0.39, 0.29) is 31.8 Å². The molecule has 270 valence electrons. The Morgan fingerprint density at radius 2 is 1.74 bits per heavy atom. The van der Waals surface area contributed by atoms with Gasteiger partial charge in [-0.25, -0.2) is 18.6 Å². The number of alkyl halides is 5. The van der Waals surface area contributed by atoms with Gasteiger partial charge in [0.15, 0.2) is 5.69 Å². The minimum absolute atomic E-state index is 0.133. The Morgan fingerprint density at radius 1 is 1.04 bits per heavy atom. The van der Waals surface area contributed by atoms with Crippen LogP contribution in [0.3, 0.4) is 0 Å². The van der Waals surface area contributed by atoms with Gasteiger partial charge in [0.2, 0.25) is 11.8 Å². The van der Waals surface area contributed by atoms with Crippen LogP contribution in [0.2, 0.25) is 0 Å². The van der Waals surface area contributed by atoms with Gasteiger partial charge in [0.25, 0.3) is 11.5 Å². The van der Waals surface area contributed by atoms with Crippen LogP contribution in [0.4, 0.5) is 32.4 Å². The highest BCUT2D eigenvalue weighted by Crippen LogP contribution is 2.41. The fourth-order valence-corrected chi connectivity index (χ4v) is 6.18. The number of rotatable bonds is 6. The summed E-state index contributed by atoms with van der Waals surface area (Å²) in [5.74, 6) is -6.55. The van der Waals surface area contributed by atoms with E-state index in [1.165, 1.54) is 11.0 Å². The van der Waals surface area contributed by atoms with E-state index >= 15 is 8.78 Å². The van der Waals surface area contributed by atoms with Crippen LogP contribution in [0, 0.1) is 5.92 Å². The number of carbonyl (C=O) groups excluding carboxylic acids is 2. The molecule has 2 aromatic carbocycles. The molecule has 2 aliphatic heterocycles. The summed E-state index contributed by atoms with van der Waals surface area (Å²) in [7, 11) is 0. The van der Waals surface area contributed by atoms with Crippen molar-refractivity contribution >= 4 is 17.7 Å². The van der Waals surface area contributed by atoms with E-state index in [1.807, 2.05) is 0 Å². The molecule has 1 aromatic heterocycles. The molecule has 3 aromatic rings. The molecule has 2 saturated heterocycles. The number of benzene rings is 2. The minimum atomic E-state index is -4.66. The van der Waals surface area contributed by atoms with Crippen LogP contribution in [0.15, 0.2) is 65.7 Å². The number of piperidine rings is 2. The Balaban J connectivity index is 1.30. The van der Waals surface area contributed by atoms with Gasteiger partial charge in [-0.3, -0.25) is 14.2 Å². The van der Waals surface area contributed by atoms with Crippen molar-refractivity contribution in [3.8, 4) is 11.6 Å². The Morgan fingerprint density at radius 3 is 2.38 bits per heavy atom. The first-order valence-electron chi connectivity index (χ1n) is 15.9. The lowest BCUT2D eigenvalue weighted by molar-refractivity contribution is -0.223. The zero-order valence-electron chi connectivity index (χ0n) is 27.6. The van der Waals surface area contributed by atoms with Gasteiger partial charge in [-0.15, -0.1) is 0 Å². The SMILES string of the molecule is CC(C)(C)OC(=O)N1CC[C@@H](C(=O)N2CC[C@](O)(Cn3cnc(Oc4cccc(C(F)(F)F)c4)c(N)c3=O)C(F)(F)C2)[C@H](c2ccccc2)C1. The van der Waals surface area contributed by atoms with Crippen LogP contribution < -0.4 is 16.0 Å². The van der Waals surface area contributed by atoms with Gasteiger partial charge in [-0.05, 0) is 51.0 Å². The van der Waals surface area contributed by atoms with E-state index in [0.717, 1.165) is 28.9 Å². The molecule has 0 saturated carbocycles. The smallest absolute Gasteiger partial charge is 0.416 e. The number of ether oxygens (including phenoxy) is 2. The van der Waals surface area contributed by atoms with E-state index < -0.39 is 89.3 Å². The molecule has 0 radical (unpaired) electrons. The molecule has 2 amide bonds. The number of hydrogen-bond acceptors (Lipinski definition) is 8. The van der Waals surface area contributed by atoms with Crippen molar-refractivity contribution in [2.75, 3.05) is 31.9 Å². The number of amides is 2. The monoisotopic (exact) mass is 707 g/mol. The second-order valence-electron chi connectivity index (χ2n) is 13.6. The summed E-state index contributed by atoms with van der Waals surface area (Å²) in [6.45, 7) is 3.19. The lowest BCUT2D eigenvalue weighted by atomic mass is 9.79. The first-order valence-corrected chi connectivity index (χ1v) is 15.9. The largest absolute Gasteiger partial charge is 0.444 e. The van der Waals surface area contributed by atoms with Crippen LogP contribution in [0.5, 0.6) is 11.6 Å². The van der Waals surface area contributed by atoms with Crippen molar-refractivity contribution in [1.29, 1.82) is 0 Å². The molecule has 11 nitrogen and oxygen atoms in total. The van der Waals surface area contributed by atoms with Crippen molar-refractivity contribution in [3.63, 3.8) is 0 Å². The maximum Gasteiger partial charge on any atom is 0.416 e. The standard InChI is InChI=1S/C34H38F5N5O6/c1-31(2,3)50-30(47)42-14-12-24(25(17-42)21-8-5-4-6-9-21)28(45)43-15-13-32(48,33(35,36)19-43)18-44-20-41-27(26(40)29(44)46)49-23-11-7-10-22(16-23)34(37,38)39/h4-11,16,20,24-25,48H,12-15,17-19,40H2,1-3H3/t24-,25+,32+/m1/s1. The van der Waals surface area contributed by atoms with E-state index in [0.29, 0.717) is 10.6 Å². The van der Waals surface area contributed by atoms with Crippen LogP contribution in [-0.4, -0.2) is 79.8 Å². The number of hydrogen-bond donors (Lipinski definition) is 2. The van der Waals surface area contributed by atoms with Gasteiger partial charge >= 0.3 is 12.3 Å². The van der Waals surface area contributed by atoms with Crippen molar-refractivity contribution in [3.05, 3.63) is 82.4 Å². The summed E-state index contributed by atoms with van der Waals surface area (Å²) in [6, 6.07) is 12.7. The fraction of sp³-hybridized carbons (Fsp3) is 0.471. The van der Waals surface area contributed by atoms with E-state index in [1.54, 1.807) is 51.1 Å². The molecule has 2 aliphatic rings. The van der Waals surface area contributed by atoms with Crippen molar-refractivity contribution in [2.45, 2.75) is 69.4 Å². The number of aromatic nitrogens is 2. The van der Waals surface area contributed by atoms with Crippen LogP contribution in [0.25, 0.3) is 0 Å². The molecule has 5 rings (SSSR count). The van der Waals surface area contributed by atoms with Crippen LogP contribution in [-0.2, 0) is 22.3 Å². The summed E-state index contributed by atoms with van der Waals surface area (Å²) < 4.78 is 82.3. The molecular weight excluding hydrogens is 669 g/mol. The number of aliphatic hydroxyl groups is 1. The normalized spacial score (nSPS) is 22.6. The summed E-state index contributed by atoms with van der Waals surface area (Å²) in [4.78, 5) is 46.1. The topological polar surface area (TPSA) is 140 Å². The number of carbonyl (C=O) groups is 2. The average molecular weight is 708 g/mol. The van der Waals surface area contributed by atoms with E-state index in [2.05, 4.69) is 4.98 Å². The van der Waals surface area contributed by atoms with Gasteiger partial charge in [0.1, 0.15) is 23.3 Å². The molecule has 0 bridgehead atoms. The molecule has 2 fully saturated rings. The van der Waals surface area contributed by atoms with Crippen molar-refractivity contribution < 1.29 is 46.1 Å². The molecule has 16 heteroatoms. The maximum atomic E-state index is 15.8. The Hall–Kier alpha value is -4.73. The fourth-order valence-electron chi connectivity index (χ4n) is 6.18. The number of nitrogen functional groups attached to an aromatic ring is 1. The van der Waals surface area contributed by atoms with Crippen molar-refractivity contribution in [2.24, 2.45) is 5.92 Å². The maximum absolute atomic E-state index is 15.8. The van der Waals surface area contributed by atoms with Gasteiger partial charge in [0.05, 0.1) is 18.7 Å². The highest BCUT2D eigenvalue weighted by molar-refractivity contribution is 5.81. The Labute approximate surface area is 284 Å². The Kier molecular flexibility index (Phi) is 9.89. The number of nitrogens with zero attached hydrogens (tertiary/aromatic N) is 4. The summed E-state index contributed by atoms with van der Waals surface area (Å²) in [5.41, 5.74) is 0.314. The average Bonchev–Trinajstić information content (AvgIpc) is 3.05. The molecule has 0 unspecified atom stereocenters. The Bertz CT molecular complexity index is 1780. The highest BCUT2D eigenvalue weighted by atomic mass is 19.4. The summed E-state index contributed by atoms with van der Waals surface area (Å²) >= 11 is 0. The van der Waals surface area contributed by atoms with Crippen LogP contribution in [0.1, 0.15) is 50.7 Å². The molecule has 0 aliphatic carbocycles. The van der Waals surface area contributed by atoms with E-state index in [9.17, 15) is 32.7 Å². The highest BCUT2D eigenvalue weighted by Gasteiger charge is 2.58. The molecule has 50 heavy (non-hydrogen) atoms. The van der Waals surface area contributed by atoms with Gasteiger partial charge in [-0.1, -0.05) is 36.4 Å². The second-order valence-corrected chi connectivity index (χ2v) is 13.6. The lowest BCUT2D eigenvalue weighted by Gasteiger charge is -2.46. The van der Waals surface area contributed by atoms with Crippen LogP contribution >= 0.6 is 0 Å². The zero-order valence-corrected chi connectivity index (χ0v) is 27.6. The third-order valence-corrected chi connectivity index (χ3v) is 8.83. The molecule has 3 N–H and O–H groups in total. The molecule has 3 atom stereocenters. The zero-order chi connectivity index (χ0) is 36.6. The number of nitrogens with two attached hydrogens (primary N) is 1. The third kappa shape index (κ3) is 7.85. The number of anilines is 1. The molecule has 3 heterocycles. The first kappa shape index (κ1) is 36.5. The second kappa shape index (κ2) is 13.5. The molecular formula is C34H38F5N5O6. The van der Waals surface area contributed by atoms with Gasteiger partial charge < -0.3 is 30.1 Å². The third-order valence-electron chi connectivity index (χ3n) is 8.83. The predicted octanol–water partition coefficient (Wildman–Crippen LogP) is 5.28. The predicted molar refractivity (Wildman–Crippen MR) is 171 cm³/mol. The summed E-state index contributed by atoms with van der Waals surface area (Å²) in [6.07, 6.45) is -4.81. The van der Waals surface area contributed by atoms with E-state index in [4.69, 9.17) is 15.2 Å². The number of likely N-dealkylation sites (tertiary alicyclic amines) is 2. The van der Waals surface area contributed by atoms with Gasteiger partial charge in [-0.2, -0.15) is 13.2 Å². The lowest BCUT2D eigenvalue weighted by Crippen LogP contribution is -2.64. The quantitative estimate of drug-likeness (QED) is 0.330.